The van der Waals surface area contributed by atoms with E-state index in [1.165, 1.54) is 26.4 Å². The Morgan fingerprint density at radius 2 is 1.97 bits per heavy atom. The van der Waals surface area contributed by atoms with Crippen LogP contribution >= 0.6 is 11.6 Å². The molecule has 0 aromatic heterocycles. The quantitative estimate of drug-likeness (QED) is 0.357. The Bertz CT molecular complexity index is 1060. The number of carbonyl (C=O) groups excluding carboxylic acids is 1. The number of nitro groups is 1. The molecule has 0 spiro atoms. The van der Waals surface area contributed by atoms with Crippen LogP contribution in [0, 0.1) is 10.1 Å². The molecule has 0 bridgehead atoms. The average Bonchev–Trinajstić information content (AvgIpc) is 3.24. The van der Waals surface area contributed by atoms with Crippen LogP contribution in [-0.4, -0.2) is 48.1 Å². The molecule has 1 aliphatic rings. The Morgan fingerprint density at radius 1 is 1.28 bits per heavy atom. The van der Waals surface area contributed by atoms with E-state index in [9.17, 15) is 20.0 Å². The topological polar surface area (TPSA) is 130 Å². The number of benzene rings is 2. The molecule has 170 valence electrons. The third kappa shape index (κ3) is 4.06. The second-order valence-electron chi connectivity index (χ2n) is 6.82. The van der Waals surface area contributed by atoms with E-state index in [1.54, 1.807) is 31.2 Å². The van der Waals surface area contributed by atoms with Crippen LogP contribution in [0.2, 0.25) is 5.02 Å². The van der Waals surface area contributed by atoms with E-state index in [0.717, 1.165) is 0 Å². The van der Waals surface area contributed by atoms with Gasteiger partial charge in [0.2, 0.25) is 5.75 Å². The SMILES string of the molecule is CCOC(=O)[C@@]1([C@H](O)c2ccc(OC)c(OC)c2[N+](=O)[O-])CC(c2ccc(Cl)cc2)=NO1. The van der Waals surface area contributed by atoms with Gasteiger partial charge in [-0.3, -0.25) is 10.1 Å². The molecule has 2 aromatic carbocycles. The Hall–Kier alpha value is -3.37. The number of carbonyl (C=O) groups is 1. The zero-order valence-corrected chi connectivity index (χ0v) is 18.3. The summed E-state index contributed by atoms with van der Waals surface area (Å²) in [6.07, 6.45) is -2.00. The van der Waals surface area contributed by atoms with Gasteiger partial charge in [0.05, 0.1) is 43.4 Å². The number of nitrogens with zero attached hydrogens (tertiary/aromatic N) is 2. The zero-order chi connectivity index (χ0) is 23.5. The molecule has 0 fully saturated rings. The second kappa shape index (κ2) is 9.41. The number of hydrogen-bond acceptors (Lipinski definition) is 9. The van der Waals surface area contributed by atoms with E-state index in [2.05, 4.69) is 5.16 Å². The van der Waals surface area contributed by atoms with Gasteiger partial charge in [-0.15, -0.1) is 0 Å². The van der Waals surface area contributed by atoms with Crippen LogP contribution in [0.4, 0.5) is 5.69 Å². The molecule has 0 saturated heterocycles. The summed E-state index contributed by atoms with van der Waals surface area (Å²) in [4.78, 5) is 29.6. The van der Waals surface area contributed by atoms with Gasteiger partial charge in [-0.05, 0) is 36.8 Å². The summed E-state index contributed by atoms with van der Waals surface area (Å²) in [5.74, 6) is -1.03. The number of ether oxygens (including phenoxy) is 3. The van der Waals surface area contributed by atoms with Gasteiger partial charge in [0, 0.05) is 5.02 Å². The van der Waals surface area contributed by atoms with Crippen LogP contribution in [0.15, 0.2) is 41.6 Å². The number of oxime groups is 1. The van der Waals surface area contributed by atoms with Gasteiger partial charge in [0.15, 0.2) is 5.75 Å². The molecule has 0 aliphatic carbocycles. The van der Waals surface area contributed by atoms with Gasteiger partial charge < -0.3 is 24.2 Å². The molecular formula is C21H21ClN2O8. The Morgan fingerprint density at radius 3 is 2.53 bits per heavy atom. The van der Waals surface area contributed by atoms with Gasteiger partial charge >= 0.3 is 11.7 Å². The molecule has 10 nitrogen and oxygen atoms in total. The fourth-order valence-corrected chi connectivity index (χ4v) is 3.58. The number of hydrogen-bond donors (Lipinski definition) is 1. The van der Waals surface area contributed by atoms with Gasteiger partial charge in [-0.2, -0.15) is 0 Å². The minimum absolute atomic E-state index is 0.000961. The van der Waals surface area contributed by atoms with E-state index < -0.39 is 28.3 Å². The smallest absolute Gasteiger partial charge is 0.356 e. The van der Waals surface area contributed by atoms with Crippen molar-refractivity contribution >= 4 is 29.0 Å². The monoisotopic (exact) mass is 464 g/mol. The van der Waals surface area contributed by atoms with E-state index >= 15 is 0 Å². The van der Waals surface area contributed by atoms with E-state index in [0.29, 0.717) is 16.3 Å². The van der Waals surface area contributed by atoms with E-state index in [1.807, 2.05) is 0 Å². The minimum atomic E-state index is -2.05. The zero-order valence-electron chi connectivity index (χ0n) is 17.5. The first-order chi connectivity index (χ1) is 15.3. The molecule has 1 N–H and O–H groups in total. The summed E-state index contributed by atoms with van der Waals surface area (Å²) in [6.45, 7) is 1.59. The van der Waals surface area contributed by atoms with Crippen LogP contribution < -0.4 is 9.47 Å². The van der Waals surface area contributed by atoms with Crippen molar-refractivity contribution in [1.82, 2.24) is 0 Å². The van der Waals surface area contributed by atoms with Gasteiger partial charge in [0.1, 0.15) is 6.10 Å². The van der Waals surface area contributed by atoms with Crippen molar-refractivity contribution in [2.24, 2.45) is 5.16 Å². The minimum Gasteiger partial charge on any atom is -0.493 e. The molecule has 1 heterocycles. The predicted molar refractivity (Wildman–Crippen MR) is 114 cm³/mol. The average molecular weight is 465 g/mol. The van der Waals surface area contributed by atoms with Gasteiger partial charge in [0.25, 0.3) is 5.60 Å². The Balaban J connectivity index is 2.09. The molecule has 11 heteroatoms. The molecule has 3 rings (SSSR count). The highest BCUT2D eigenvalue weighted by atomic mass is 35.5. The number of rotatable bonds is 8. The summed E-state index contributed by atoms with van der Waals surface area (Å²) in [5.41, 5.74) is -1.87. The highest BCUT2D eigenvalue weighted by Crippen LogP contribution is 2.47. The molecule has 32 heavy (non-hydrogen) atoms. The van der Waals surface area contributed by atoms with Crippen molar-refractivity contribution in [1.29, 1.82) is 0 Å². The highest BCUT2D eigenvalue weighted by Gasteiger charge is 2.56. The van der Waals surface area contributed by atoms with Crippen molar-refractivity contribution in [2.75, 3.05) is 20.8 Å². The number of methoxy groups -OCH3 is 2. The third-order valence-corrected chi connectivity index (χ3v) is 5.27. The first-order valence-electron chi connectivity index (χ1n) is 9.54. The molecule has 0 radical (unpaired) electrons. The van der Waals surface area contributed by atoms with Crippen molar-refractivity contribution in [2.45, 2.75) is 25.0 Å². The van der Waals surface area contributed by atoms with Crippen molar-refractivity contribution in [3.63, 3.8) is 0 Å². The highest BCUT2D eigenvalue weighted by molar-refractivity contribution is 6.30. The summed E-state index contributed by atoms with van der Waals surface area (Å²) in [7, 11) is 2.56. The summed E-state index contributed by atoms with van der Waals surface area (Å²) < 4.78 is 15.4. The predicted octanol–water partition coefficient (Wildman–Crippen LogP) is 3.43. The fourth-order valence-electron chi connectivity index (χ4n) is 3.45. The number of halogens is 1. The number of aliphatic hydroxyl groups excluding tert-OH is 1. The molecule has 2 atom stereocenters. The van der Waals surface area contributed by atoms with Gasteiger partial charge in [-0.25, -0.2) is 4.79 Å². The largest absolute Gasteiger partial charge is 0.493 e. The lowest BCUT2D eigenvalue weighted by atomic mass is 9.84. The lowest BCUT2D eigenvalue weighted by Gasteiger charge is -2.29. The molecular weight excluding hydrogens is 444 g/mol. The van der Waals surface area contributed by atoms with E-state index in [-0.39, 0.29) is 30.1 Å². The summed E-state index contributed by atoms with van der Waals surface area (Å²) in [6, 6.07) is 9.29. The number of nitro benzene ring substituents is 1. The number of esters is 1. The van der Waals surface area contributed by atoms with Gasteiger partial charge in [-0.1, -0.05) is 28.9 Å². The lowest BCUT2D eigenvalue weighted by molar-refractivity contribution is -0.387. The molecule has 0 saturated carbocycles. The fraction of sp³-hybridized carbons (Fsp3) is 0.333. The maximum Gasteiger partial charge on any atom is 0.356 e. The maximum absolute atomic E-state index is 12.9. The maximum atomic E-state index is 12.9. The first-order valence-corrected chi connectivity index (χ1v) is 9.92. The number of aliphatic hydroxyl groups is 1. The van der Waals surface area contributed by atoms with Crippen molar-refractivity contribution < 1.29 is 33.9 Å². The lowest BCUT2D eigenvalue weighted by Crippen LogP contribution is -2.46. The molecule has 0 amide bonds. The van der Waals surface area contributed by atoms with Crippen LogP contribution in [0.5, 0.6) is 11.5 Å². The summed E-state index contributed by atoms with van der Waals surface area (Å²) >= 11 is 5.93. The first kappa shape index (κ1) is 23.3. The Kier molecular flexibility index (Phi) is 6.85. The Labute approximate surface area is 188 Å². The molecule has 2 aromatic rings. The second-order valence-corrected chi connectivity index (χ2v) is 7.26. The molecule has 1 aliphatic heterocycles. The van der Waals surface area contributed by atoms with E-state index in [4.69, 9.17) is 30.6 Å². The van der Waals surface area contributed by atoms with Crippen LogP contribution in [0.3, 0.4) is 0 Å². The van der Waals surface area contributed by atoms with Crippen molar-refractivity contribution in [3.05, 3.63) is 62.7 Å². The summed E-state index contributed by atoms with van der Waals surface area (Å²) in [5, 5.41) is 27.6. The third-order valence-electron chi connectivity index (χ3n) is 5.02. The molecule has 0 unspecified atom stereocenters. The van der Waals surface area contributed by atoms with Crippen LogP contribution in [0.1, 0.15) is 30.6 Å². The van der Waals surface area contributed by atoms with Crippen LogP contribution in [-0.2, 0) is 14.4 Å². The normalized spacial score (nSPS) is 18.3. The van der Waals surface area contributed by atoms with Crippen molar-refractivity contribution in [3.8, 4) is 11.5 Å². The van der Waals surface area contributed by atoms with Crippen LogP contribution in [0.25, 0.3) is 0 Å². The standard InChI is InChI=1S/C21H21ClN2O8/c1-4-31-20(26)21(11-15(23-32-21)12-5-7-13(22)8-6-12)19(25)14-9-10-16(29-2)18(30-3)17(14)24(27)28/h5-10,19,25H,4,11H2,1-3H3/t19-,21+/m1/s1.